The van der Waals surface area contributed by atoms with Crippen molar-refractivity contribution in [2.75, 3.05) is 17.7 Å². The number of allylic oxidation sites excluding steroid dienone is 1. The monoisotopic (exact) mass is 457 g/mol. The standard InChI is InChI=1S/C25H20ClN5O2/c1-33-18-13-11-17(12-14-18)23(32)28-24-29-25-27-21(16-7-3-2-4-8-16)15-22(31(25)30-24)19-9-5-6-10-20(19)26/h2-15,22H,1H3,(H2,27,28,29,30,32). The Hall–Kier alpha value is -4.10. The first-order valence-corrected chi connectivity index (χ1v) is 10.7. The van der Waals surface area contributed by atoms with Gasteiger partial charge in [-0.25, -0.2) is 4.68 Å². The smallest absolute Gasteiger partial charge is 0.258 e. The summed E-state index contributed by atoms with van der Waals surface area (Å²) in [4.78, 5) is 17.3. The molecule has 2 N–H and O–H groups in total. The van der Waals surface area contributed by atoms with E-state index in [-0.39, 0.29) is 17.9 Å². The van der Waals surface area contributed by atoms with Crippen LogP contribution in [0.3, 0.4) is 0 Å². The number of carbonyl (C=O) groups excluding carboxylic acids is 1. The number of methoxy groups -OCH3 is 1. The van der Waals surface area contributed by atoms with E-state index in [4.69, 9.17) is 16.3 Å². The van der Waals surface area contributed by atoms with E-state index in [1.807, 2.05) is 60.7 Å². The van der Waals surface area contributed by atoms with Gasteiger partial charge in [-0.3, -0.25) is 10.1 Å². The summed E-state index contributed by atoms with van der Waals surface area (Å²) >= 11 is 6.52. The summed E-state index contributed by atoms with van der Waals surface area (Å²) in [5, 5.41) is 11.3. The molecule has 3 aromatic carbocycles. The number of hydrogen-bond acceptors (Lipinski definition) is 5. The summed E-state index contributed by atoms with van der Waals surface area (Å²) in [6, 6.07) is 24.1. The maximum absolute atomic E-state index is 12.7. The number of halogens is 1. The molecule has 0 saturated heterocycles. The molecular weight excluding hydrogens is 438 g/mol. The summed E-state index contributed by atoms with van der Waals surface area (Å²) in [5.74, 6) is 1.06. The number of carbonyl (C=O) groups is 1. The van der Waals surface area contributed by atoms with Crippen molar-refractivity contribution in [2.24, 2.45) is 0 Å². The van der Waals surface area contributed by atoms with Gasteiger partial charge in [0.05, 0.1) is 7.11 Å². The van der Waals surface area contributed by atoms with Crippen LogP contribution in [0.1, 0.15) is 27.5 Å². The van der Waals surface area contributed by atoms with Crippen molar-refractivity contribution in [2.45, 2.75) is 6.04 Å². The molecule has 7 nitrogen and oxygen atoms in total. The highest BCUT2D eigenvalue weighted by Gasteiger charge is 2.27. The maximum atomic E-state index is 12.7. The van der Waals surface area contributed by atoms with Crippen LogP contribution in [0.15, 0.2) is 84.9 Å². The third-order valence-corrected chi connectivity index (χ3v) is 5.70. The van der Waals surface area contributed by atoms with Crippen molar-refractivity contribution in [3.05, 3.63) is 107 Å². The molecule has 0 bridgehead atoms. The van der Waals surface area contributed by atoms with Gasteiger partial charge in [0, 0.05) is 16.3 Å². The molecule has 1 atom stereocenters. The minimum atomic E-state index is -0.314. The molecule has 1 unspecified atom stereocenters. The van der Waals surface area contributed by atoms with E-state index in [2.05, 4.69) is 20.7 Å². The Kier molecular flexibility index (Phi) is 5.54. The number of amides is 1. The van der Waals surface area contributed by atoms with Gasteiger partial charge in [-0.2, -0.15) is 4.98 Å². The predicted molar refractivity (Wildman–Crippen MR) is 129 cm³/mol. The average Bonchev–Trinajstić information content (AvgIpc) is 3.27. The lowest BCUT2D eigenvalue weighted by Gasteiger charge is -2.24. The summed E-state index contributed by atoms with van der Waals surface area (Å²) in [5.41, 5.74) is 3.25. The molecule has 0 radical (unpaired) electrons. The zero-order chi connectivity index (χ0) is 22.8. The summed E-state index contributed by atoms with van der Waals surface area (Å²) in [6.45, 7) is 0. The minimum absolute atomic E-state index is 0.193. The van der Waals surface area contributed by atoms with Gasteiger partial charge in [0.25, 0.3) is 11.9 Å². The van der Waals surface area contributed by atoms with E-state index in [1.54, 1.807) is 36.1 Å². The highest BCUT2D eigenvalue weighted by Crippen LogP contribution is 2.35. The van der Waals surface area contributed by atoms with E-state index in [0.717, 1.165) is 16.8 Å². The highest BCUT2D eigenvalue weighted by atomic mass is 35.5. The molecule has 0 saturated carbocycles. The van der Waals surface area contributed by atoms with Gasteiger partial charge in [-0.05, 0) is 47.5 Å². The Balaban J connectivity index is 1.49. The van der Waals surface area contributed by atoms with Gasteiger partial charge < -0.3 is 10.1 Å². The van der Waals surface area contributed by atoms with Gasteiger partial charge in [0.1, 0.15) is 11.8 Å². The number of ether oxygens (including phenoxy) is 1. The first-order chi connectivity index (χ1) is 16.1. The number of fused-ring (bicyclic) bond motifs is 1. The maximum Gasteiger partial charge on any atom is 0.258 e. The molecule has 4 aromatic rings. The third kappa shape index (κ3) is 4.18. The van der Waals surface area contributed by atoms with Crippen molar-refractivity contribution in [1.82, 2.24) is 14.8 Å². The molecule has 0 fully saturated rings. The highest BCUT2D eigenvalue weighted by molar-refractivity contribution is 6.31. The fraction of sp³-hybridized carbons (Fsp3) is 0.0800. The molecule has 8 heteroatoms. The molecule has 1 aliphatic rings. The second kappa shape index (κ2) is 8.80. The van der Waals surface area contributed by atoms with E-state index in [0.29, 0.717) is 22.3 Å². The topological polar surface area (TPSA) is 81.1 Å². The Morgan fingerprint density at radius 3 is 2.48 bits per heavy atom. The lowest BCUT2D eigenvalue weighted by atomic mass is 10.0. The molecule has 164 valence electrons. The summed E-state index contributed by atoms with van der Waals surface area (Å²) < 4.78 is 6.87. The summed E-state index contributed by atoms with van der Waals surface area (Å²) in [6.07, 6.45) is 2.05. The molecular formula is C25H20ClN5O2. The van der Waals surface area contributed by atoms with Crippen LogP contribution >= 0.6 is 11.6 Å². The van der Waals surface area contributed by atoms with Crippen LogP contribution in [-0.4, -0.2) is 27.8 Å². The van der Waals surface area contributed by atoms with E-state index >= 15 is 0 Å². The molecule has 0 spiro atoms. The molecule has 1 amide bonds. The van der Waals surface area contributed by atoms with E-state index < -0.39 is 0 Å². The van der Waals surface area contributed by atoms with Crippen molar-refractivity contribution in [3.8, 4) is 5.75 Å². The first kappa shape index (κ1) is 20.8. The van der Waals surface area contributed by atoms with Crippen molar-refractivity contribution < 1.29 is 9.53 Å². The fourth-order valence-electron chi connectivity index (χ4n) is 3.68. The van der Waals surface area contributed by atoms with Crippen LogP contribution in [0, 0.1) is 0 Å². The van der Waals surface area contributed by atoms with Crippen molar-refractivity contribution in [3.63, 3.8) is 0 Å². The van der Waals surface area contributed by atoms with E-state index in [9.17, 15) is 4.79 Å². The second-order valence-electron chi connectivity index (χ2n) is 7.42. The molecule has 2 heterocycles. The number of hydrogen-bond donors (Lipinski definition) is 2. The second-order valence-corrected chi connectivity index (χ2v) is 7.83. The molecule has 1 aromatic heterocycles. The third-order valence-electron chi connectivity index (χ3n) is 5.35. The van der Waals surface area contributed by atoms with E-state index in [1.165, 1.54) is 0 Å². The molecule has 33 heavy (non-hydrogen) atoms. The van der Waals surface area contributed by atoms with Crippen LogP contribution in [0.25, 0.3) is 5.70 Å². The van der Waals surface area contributed by atoms with Crippen molar-refractivity contribution in [1.29, 1.82) is 0 Å². The number of aromatic nitrogens is 3. The Morgan fingerprint density at radius 2 is 1.76 bits per heavy atom. The SMILES string of the molecule is COc1ccc(C(=O)Nc2nc3n(n2)C(c2ccccc2Cl)C=C(c2ccccc2)N3)cc1. The molecule has 1 aliphatic heterocycles. The van der Waals surface area contributed by atoms with Crippen LogP contribution in [0.5, 0.6) is 5.75 Å². The zero-order valence-electron chi connectivity index (χ0n) is 17.7. The largest absolute Gasteiger partial charge is 0.497 e. The van der Waals surface area contributed by atoms with Crippen molar-refractivity contribution >= 4 is 35.1 Å². The molecule has 5 rings (SSSR count). The fourth-order valence-corrected chi connectivity index (χ4v) is 3.93. The number of anilines is 2. The Morgan fingerprint density at radius 1 is 1.03 bits per heavy atom. The summed E-state index contributed by atoms with van der Waals surface area (Å²) in [7, 11) is 1.58. The van der Waals surface area contributed by atoms with Gasteiger partial charge in [-0.1, -0.05) is 60.1 Å². The number of nitrogens with one attached hydrogen (secondary N) is 2. The lowest BCUT2D eigenvalue weighted by molar-refractivity contribution is 0.102. The van der Waals surface area contributed by atoms with Gasteiger partial charge in [-0.15, -0.1) is 5.10 Å². The number of rotatable bonds is 5. The Bertz CT molecular complexity index is 1330. The number of benzene rings is 3. The Labute approximate surface area is 195 Å². The van der Waals surface area contributed by atoms with Crippen LogP contribution in [0.4, 0.5) is 11.9 Å². The van der Waals surface area contributed by atoms with Gasteiger partial charge >= 0.3 is 0 Å². The number of nitrogens with zero attached hydrogens (tertiary/aromatic N) is 3. The zero-order valence-corrected chi connectivity index (χ0v) is 18.5. The molecule has 0 aliphatic carbocycles. The minimum Gasteiger partial charge on any atom is -0.497 e. The van der Waals surface area contributed by atoms with Crippen LogP contribution in [0.2, 0.25) is 5.02 Å². The predicted octanol–water partition coefficient (Wildman–Crippen LogP) is 5.25. The normalized spacial score (nSPS) is 14.6. The lowest BCUT2D eigenvalue weighted by Crippen LogP contribution is -2.20. The first-order valence-electron chi connectivity index (χ1n) is 10.3. The van der Waals surface area contributed by atoms with Gasteiger partial charge in [0.15, 0.2) is 0 Å². The average molecular weight is 458 g/mol. The van der Waals surface area contributed by atoms with Crippen LogP contribution in [-0.2, 0) is 0 Å². The van der Waals surface area contributed by atoms with Gasteiger partial charge in [0.2, 0.25) is 5.95 Å². The van der Waals surface area contributed by atoms with Crippen LogP contribution < -0.4 is 15.4 Å². The quantitative estimate of drug-likeness (QED) is 0.428.